The topological polar surface area (TPSA) is 113 Å². The number of nitrogens with one attached hydrogen (secondary N) is 1. The number of aromatic nitrogens is 3. The average Bonchev–Trinajstić information content (AvgIpc) is 3.21. The van der Waals surface area contributed by atoms with Gasteiger partial charge in [-0.3, -0.25) is 0 Å². The van der Waals surface area contributed by atoms with E-state index in [4.69, 9.17) is 15.5 Å². The summed E-state index contributed by atoms with van der Waals surface area (Å²) >= 11 is 0. The van der Waals surface area contributed by atoms with Crippen LogP contribution in [0.1, 0.15) is 37.3 Å². The van der Waals surface area contributed by atoms with Crippen LogP contribution in [0.5, 0.6) is 5.88 Å². The van der Waals surface area contributed by atoms with Crippen LogP contribution in [0.2, 0.25) is 0 Å². The van der Waals surface area contributed by atoms with E-state index in [1.165, 1.54) is 0 Å². The van der Waals surface area contributed by atoms with E-state index in [9.17, 15) is 22.7 Å². The van der Waals surface area contributed by atoms with Crippen LogP contribution in [0.15, 0.2) is 6.07 Å². The van der Waals surface area contributed by atoms with Crippen molar-refractivity contribution in [2.24, 2.45) is 0 Å². The maximum absolute atomic E-state index is 16.6. The van der Waals surface area contributed by atoms with Crippen molar-refractivity contribution in [1.29, 1.82) is 0 Å². The van der Waals surface area contributed by atoms with Gasteiger partial charge in [0.05, 0.1) is 29.9 Å². The molecule has 1 aromatic carbocycles. The Bertz CT molecular complexity index is 1580. The van der Waals surface area contributed by atoms with Gasteiger partial charge in [-0.1, -0.05) is 0 Å². The average molecular weight is 578 g/mol. The number of rotatable bonds is 3. The van der Waals surface area contributed by atoms with E-state index in [0.29, 0.717) is 25.3 Å². The SMILES string of the molecule is Cc1c(F)c(N)cc(-c2nc3c4c(nc(N5CC[C@H]5CO)nc4c2F)N2C[C@H]4CC[C@H](N4)[C@H]2[C@H](C)O3)c1C(F)(F)F. The first-order chi connectivity index (χ1) is 19.5. The van der Waals surface area contributed by atoms with Crippen molar-refractivity contribution in [3.05, 3.63) is 28.8 Å². The molecule has 0 unspecified atom stereocenters. The van der Waals surface area contributed by atoms with Crippen molar-refractivity contribution < 1.29 is 31.8 Å². The van der Waals surface area contributed by atoms with Crippen LogP contribution < -0.4 is 25.6 Å². The molecule has 0 saturated carbocycles. The molecule has 4 N–H and O–H groups in total. The van der Waals surface area contributed by atoms with Gasteiger partial charge in [-0.05, 0) is 44.7 Å². The van der Waals surface area contributed by atoms with E-state index >= 15 is 4.39 Å². The second-order valence-corrected chi connectivity index (χ2v) is 11.3. The van der Waals surface area contributed by atoms with Crippen LogP contribution >= 0.6 is 0 Å². The molecular weight excluding hydrogens is 549 g/mol. The van der Waals surface area contributed by atoms with E-state index in [1.807, 2.05) is 6.92 Å². The number of alkyl halides is 3. The largest absolute Gasteiger partial charge is 0.472 e. The fourth-order valence-electron chi connectivity index (χ4n) is 6.87. The lowest BCUT2D eigenvalue weighted by Crippen LogP contribution is -2.62. The van der Waals surface area contributed by atoms with Gasteiger partial charge in [0.1, 0.15) is 34.3 Å². The Hall–Kier alpha value is -3.52. The number of nitrogen functional groups attached to an aromatic ring is 1. The van der Waals surface area contributed by atoms with E-state index in [-0.39, 0.29) is 53.5 Å². The molecule has 3 fully saturated rings. The van der Waals surface area contributed by atoms with Gasteiger partial charge in [0.25, 0.3) is 0 Å². The Balaban J connectivity index is 1.53. The number of ether oxygens (including phenoxy) is 1. The number of halogens is 5. The maximum atomic E-state index is 16.6. The maximum Gasteiger partial charge on any atom is 0.417 e. The van der Waals surface area contributed by atoms with Gasteiger partial charge in [0, 0.05) is 30.7 Å². The van der Waals surface area contributed by atoms with Crippen LogP contribution in [-0.2, 0) is 6.18 Å². The van der Waals surface area contributed by atoms with Gasteiger partial charge in [0.2, 0.25) is 11.8 Å². The Morgan fingerprint density at radius 3 is 2.59 bits per heavy atom. The third kappa shape index (κ3) is 3.83. The molecule has 4 aliphatic heterocycles. The van der Waals surface area contributed by atoms with Gasteiger partial charge in [-0.2, -0.15) is 18.2 Å². The molecule has 2 bridgehead atoms. The summed E-state index contributed by atoms with van der Waals surface area (Å²) in [7, 11) is 0. The van der Waals surface area contributed by atoms with Crippen molar-refractivity contribution >= 4 is 28.4 Å². The second-order valence-electron chi connectivity index (χ2n) is 11.3. The Kier molecular flexibility index (Phi) is 5.78. The molecule has 0 spiro atoms. The molecule has 0 amide bonds. The number of nitrogens with two attached hydrogens (primary N) is 1. The number of benzene rings is 1. The molecule has 218 valence electrons. The molecule has 7 rings (SSSR count). The number of anilines is 3. The highest BCUT2D eigenvalue weighted by molar-refractivity contribution is 5.98. The number of aliphatic hydroxyl groups excluding tert-OH is 1. The number of aliphatic hydroxyl groups is 1. The van der Waals surface area contributed by atoms with Crippen LogP contribution in [0.25, 0.3) is 22.2 Å². The first-order valence-corrected chi connectivity index (χ1v) is 13.6. The van der Waals surface area contributed by atoms with Gasteiger partial charge >= 0.3 is 6.18 Å². The molecule has 0 radical (unpaired) electrons. The van der Waals surface area contributed by atoms with Crippen molar-refractivity contribution in [1.82, 2.24) is 20.3 Å². The minimum absolute atomic E-state index is 0.0569. The number of hydrogen-bond donors (Lipinski definition) is 3. The Morgan fingerprint density at radius 2 is 1.90 bits per heavy atom. The molecule has 3 aromatic rings. The van der Waals surface area contributed by atoms with Gasteiger partial charge in [0.15, 0.2) is 5.82 Å². The van der Waals surface area contributed by atoms with E-state index < -0.39 is 52.0 Å². The smallest absolute Gasteiger partial charge is 0.417 e. The predicted molar refractivity (Wildman–Crippen MR) is 141 cm³/mol. The number of nitrogens with zero attached hydrogens (tertiary/aromatic N) is 5. The summed E-state index contributed by atoms with van der Waals surface area (Å²) in [5, 5.41) is 13.6. The fourth-order valence-corrected chi connectivity index (χ4v) is 6.87. The standard InChI is InChI=1S/C27H28F5N7O2/c1-10-18(27(30,31)32)14(7-15(33)19(10)28)21-20(29)22-17-24(37-26(36-22)38-6-5-13(38)9-40)39-8-12-3-4-16(34-12)23(39)11(2)41-25(17)35-21/h7,11-13,16,23,34,40H,3-6,8-9,33H2,1-2H3/t11-,12+,13-,16-,23+/m0/s1. The number of fused-ring (bicyclic) bond motifs is 5. The molecule has 5 atom stereocenters. The highest BCUT2D eigenvalue weighted by atomic mass is 19.4. The van der Waals surface area contributed by atoms with Crippen molar-refractivity contribution in [2.75, 3.05) is 35.2 Å². The Labute approximate surface area is 231 Å². The minimum atomic E-state index is -5.03. The summed E-state index contributed by atoms with van der Waals surface area (Å²) in [6.07, 6.45) is -2.99. The van der Waals surface area contributed by atoms with Crippen LogP contribution in [0.4, 0.5) is 39.4 Å². The molecule has 6 heterocycles. The minimum Gasteiger partial charge on any atom is -0.472 e. The molecule has 14 heteroatoms. The summed E-state index contributed by atoms with van der Waals surface area (Å²) in [6.45, 7) is 3.72. The van der Waals surface area contributed by atoms with Gasteiger partial charge in [-0.25, -0.2) is 18.7 Å². The summed E-state index contributed by atoms with van der Waals surface area (Å²) < 4.78 is 80.2. The summed E-state index contributed by atoms with van der Waals surface area (Å²) in [4.78, 5) is 17.4. The molecular formula is C27H28F5N7O2. The van der Waals surface area contributed by atoms with Crippen LogP contribution in [-0.4, -0.2) is 70.0 Å². The van der Waals surface area contributed by atoms with E-state index in [0.717, 1.165) is 25.8 Å². The van der Waals surface area contributed by atoms with E-state index in [2.05, 4.69) is 20.2 Å². The predicted octanol–water partition coefficient (Wildman–Crippen LogP) is 3.54. The highest BCUT2D eigenvalue weighted by Crippen LogP contribution is 2.47. The third-order valence-electron chi connectivity index (χ3n) is 8.91. The number of piperazine rings is 1. The fraction of sp³-hybridized carbons (Fsp3) is 0.519. The molecule has 9 nitrogen and oxygen atoms in total. The molecule has 2 aromatic heterocycles. The van der Waals surface area contributed by atoms with Crippen LogP contribution in [0.3, 0.4) is 0 Å². The van der Waals surface area contributed by atoms with Crippen molar-refractivity contribution in [3.63, 3.8) is 0 Å². The molecule has 3 saturated heterocycles. The molecule has 0 aliphatic carbocycles. The second kappa shape index (κ2) is 8.99. The number of hydrogen-bond acceptors (Lipinski definition) is 9. The third-order valence-corrected chi connectivity index (χ3v) is 8.91. The zero-order chi connectivity index (χ0) is 29.0. The normalized spacial score (nSPS) is 27.0. The monoisotopic (exact) mass is 577 g/mol. The van der Waals surface area contributed by atoms with Gasteiger partial charge < -0.3 is 30.7 Å². The lowest BCUT2D eigenvalue weighted by atomic mass is 9.96. The number of pyridine rings is 1. The first kappa shape index (κ1) is 26.4. The summed E-state index contributed by atoms with van der Waals surface area (Å²) in [6, 6.07) is 0.517. The molecule has 41 heavy (non-hydrogen) atoms. The van der Waals surface area contributed by atoms with E-state index in [1.54, 1.807) is 4.90 Å². The zero-order valence-corrected chi connectivity index (χ0v) is 22.3. The summed E-state index contributed by atoms with van der Waals surface area (Å²) in [5.41, 5.74) is 1.36. The lowest BCUT2D eigenvalue weighted by molar-refractivity contribution is -0.137. The zero-order valence-electron chi connectivity index (χ0n) is 22.3. The van der Waals surface area contributed by atoms with Crippen molar-refractivity contribution in [3.8, 4) is 17.1 Å². The quantitative estimate of drug-likeness (QED) is 0.318. The lowest BCUT2D eigenvalue weighted by Gasteiger charge is -2.43. The summed E-state index contributed by atoms with van der Waals surface area (Å²) in [5.74, 6) is -1.92. The highest BCUT2D eigenvalue weighted by Gasteiger charge is 2.48. The van der Waals surface area contributed by atoms with Gasteiger partial charge in [-0.15, -0.1) is 0 Å². The first-order valence-electron chi connectivity index (χ1n) is 13.6. The molecule has 4 aliphatic rings. The van der Waals surface area contributed by atoms with Crippen LogP contribution in [0, 0.1) is 18.6 Å². The van der Waals surface area contributed by atoms with Crippen molar-refractivity contribution in [2.45, 2.75) is 69.6 Å². The Morgan fingerprint density at radius 1 is 1.12 bits per heavy atom.